The fourth-order valence-corrected chi connectivity index (χ4v) is 3.02. The molecule has 3 rings (SSSR count). The normalized spacial score (nSPS) is 29.1. The van der Waals surface area contributed by atoms with Crippen molar-refractivity contribution >= 4 is 5.78 Å². The first-order valence-electron chi connectivity index (χ1n) is 6.22. The second-order valence-corrected chi connectivity index (χ2v) is 4.89. The predicted octanol–water partition coefficient (Wildman–Crippen LogP) is 2.18. The molecule has 0 saturated carbocycles. The molecule has 2 atom stereocenters. The van der Waals surface area contributed by atoms with E-state index in [9.17, 15) is 4.79 Å². The molecule has 1 aromatic rings. The molecule has 1 aliphatic heterocycles. The number of carbonyl (C=O) groups is 1. The lowest BCUT2D eigenvalue weighted by Crippen LogP contribution is -2.42. The van der Waals surface area contributed by atoms with Crippen molar-refractivity contribution in [2.45, 2.75) is 31.7 Å². The van der Waals surface area contributed by atoms with Crippen LogP contribution in [0, 0.1) is 5.92 Å². The number of carbonyl (C=O) groups excluding carboxylic acids is 1. The predicted molar refractivity (Wildman–Crippen MR) is 63.6 cm³/mol. The molecule has 0 aromatic heterocycles. The molecule has 1 aromatic carbocycles. The maximum absolute atomic E-state index is 12.3. The zero-order chi connectivity index (χ0) is 11.0. The second kappa shape index (κ2) is 4.02. The van der Waals surface area contributed by atoms with Crippen LogP contribution in [0.5, 0.6) is 0 Å². The molecule has 2 nitrogen and oxygen atoms in total. The zero-order valence-electron chi connectivity index (χ0n) is 9.41. The molecule has 1 N–H and O–H groups in total. The highest BCUT2D eigenvalue weighted by molar-refractivity contribution is 6.02. The minimum absolute atomic E-state index is 0.192. The second-order valence-electron chi connectivity index (χ2n) is 4.89. The van der Waals surface area contributed by atoms with Gasteiger partial charge < -0.3 is 5.32 Å². The number of Topliss-reactive ketones (excluding diaryl/α,β-unsaturated/α-hetero) is 1. The molecule has 16 heavy (non-hydrogen) atoms. The van der Waals surface area contributed by atoms with E-state index in [-0.39, 0.29) is 5.92 Å². The Balaban J connectivity index is 1.83. The third-order valence-corrected chi connectivity index (χ3v) is 3.89. The summed E-state index contributed by atoms with van der Waals surface area (Å²) in [5.74, 6) is 0.549. The average molecular weight is 215 g/mol. The van der Waals surface area contributed by atoms with Gasteiger partial charge in [0.05, 0.1) is 0 Å². The van der Waals surface area contributed by atoms with E-state index in [4.69, 9.17) is 0 Å². The van der Waals surface area contributed by atoms with Crippen LogP contribution in [0.15, 0.2) is 24.3 Å². The molecule has 2 aliphatic rings. The van der Waals surface area contributed by atoms with Crippen molar-refractivity contribution < 1.29 is 4.79 Å². The van der Waals surface area contributed by atoms with Gasteiger partial charge in [-0.1, -0.05) is 30.7 Å². The van der Waals surface area contributed by atoms with Crippen LogP contribution in [0.2, 0.25) is 0 Å². The quantitative estimate of drug-likeness (QED) is 0.778. The van der Waals surface area contributed by atoms with E-state index in [1.54, 1.807) is 0 Å². The van der Waals surface area contributed by atoms with Crippen LogP contribution in [0.4, 0.5) is 0 Å². The first kappa shape index (κ1) is 10.0. The highest BCUT2D eigenvalue weighted by Crippen LogP contribution is 2.31. The van der Waals surface area contributed by atoms with Gasteiger partial charge >= 0.3 is 0 Å². The molecular formula is C14H17NO. The standard InChI is InChI=1S/C14H17NO/c16-14-11-6-2-1-5-10(11)9-12(14)13-7-3-4-8-15-13/h1-2,5-6,12-13,15H,3-4,7-9H2. The fraction of sp³-hybridized carbons (Fsp3) is 0.500. The van der Waals surface area contributed by atoms with Crippen LogP contribution >= 0.6 is 0 Å². The summed E-state index contributed by atoms with van der Waals surface area (Å²) < 4.78 is 0. The van der Waals surface area contributed by atoms with Crippen LogP contribution in [-0.2, 0) is 6.42 Å². The van der Waals surface area contributed by atoms with E-state index in [1.807, 2.05) is 18.2 Å². The van der Waals surface area contributed by atoms with Crippen molar-refractivity contribution in [1.82, 2.24) is 5.32 Å². The van der Waals surface area contributed by atoms with E-state index in [1.165, 1.54) is 18.4 Å². The third kappa shape index (κ3) is 1.57. The number of hydrogen-bond acceptors (Lipinski definition) is 2. The summed E-state index contributed by atoms with van der Waals surface area (Å²) in [4.78, 5) is 12.3. The molecule has 0 radical (unpaired) electrons. The minimum atomic E-state index is 0.192. The van der Waals surface area contributed by atoms with E-state index in [0.717, 1.165) is 24.9 Å². The van der Waals surface area contributed by atoms with Crippen molar-refractivity contribution in [2.75, 3.05) is 6.54 Å². The Morgan fingerprint density at radius 1 is 1.19 bits per heavy atom. The molecule has 84 valence electrons. The van der Waals surface area contributed by atoms with Gasteiger partial charge in [-0.15, -0.1) is 0 Å². The molecule has 1 heterocycles. The largest absolute Gasteiger partial charge is 0.313 e. The van der Waals surface area contributed by atoms with Crippen LogP contribution in [0.25, 0.3) is 0 Å². The zero-order valence-corrected chi connectivity index (χ0v) is 9.41. The molecule has 2 unspecified atom stereocenters. The first-order valence-corrected chi connectivity index (χ1v) is 6.22. The summed E-state index contributed by atoms with van der Waals surface area (Å²) in [6.45, 7) is 1.07. The maximum Gasteiger partial charge on any atom is 0.168 e. The van der Waals surface area contributed by atoms with Crippen molar-refractivity contribution in [3.8, 4) is 0 Å². The number of piperidine rings is 1. The number of nitrogens with one attached hydrogen (secondary N) is 1. The van der Waals surface area contributed by atoms with Crippen molar-refractivity contribution in [3.63, 3.8) is 0 Å². The smallest absolute Gasteiger partial charge is 0.168 e. The third-order valence-electron chi connectivity index (χ3n) is 3.89. The van der Waals surface area contributed by atoms with Gasteiger partial charge in [-0.3, -0.25) is 4.79 Å². The summed E-state index contributed by atoms with van der Waals surface area (Å²) >= 11 is 0. The van der Waals surface area contributed by atoms with Crippen LogP contribution < -0.4 is 5.32 Å². The molecular weight excluding hydrogens is 198 g/mol. The Morgan fingerprint density at radius 2 is 2.06 bits per heavy atom. The molecule has 1 aliphatic carbocycles. The molecule has 2 heteroatoms. The van der Waals surface area contributed by atoms with E-state index < -0.39 is 0 Å². The highest BCUT2D eigenvalue weighted by Gasteiger charge is 2.36. The van der Waals surface area contributed by atoms with Crippen molar-refractivity contribution in [3.05, 3.63) is 35.4 Å². The topological polar surface area (TPSA) is 29.1 Å². The Bertz CT molecular complexity index is 407. The number of rotatable bonds is 1. The Morgan fingerprint density at radius 3 is 2.81 bits per heavy atom. The fourth-order valence-electron chi connectivity index (χ4n) is 3.02. The van der Waals surface area contributed by atoms with Crippen LogP contribution in [0.1, 0.15) is 35.2 Å². The molecule has 1 saturated heterocycles. The van der Waals surface area contributed by atoms with Gasteiger partial charge in [-0.2, -0.15) is 0 Å². The number of hydrogen-bond donors (Lipinski definition) is 1. The van der Waals surface area contributed by atoms with E-state index in [0.29, 0.717) is 11.8 Å². The van der Waals surface area contributed by atoms with Gasteiger partial charge in [0.15, 0.2) is 5.78 Å². The van der Waals surface area contributed by atoms with Crippen molar-refractivity contribution in [1.29, 1.82) is 0 Å². The van der Waals surface area contributed by atoms with Crippen LogP contribution in [0.3, 0.4) is 0 Å². The Labute approximate surface area is 96.1 Å². The number of ketones is 1. The summed E-state index contributed by atoms with van der Waals surface area (Å²) in [6.07, 6.45) is 4.61. The van der Waals surface area contributed by atoms with Crippen molar-refractivity contribution in [2.24, 2.45) is 5.92 Å². The minimum Gasteiger partial charge on any atom is -0.313 e. The summed E-state index contributed by atoms with van der Waals surface area (Å²) in [7, 11) is 0. The molecule has 0 bridgehead atoms. The average Bonchev–Trinajstić information content (AvgIpc) is 2.69. The maximum atomic E-state index is 12.3. The van der Waals surface area contributed by atoms with E-state index in [2.05, 4.69) is 11.4 Å². The molecule has 0 amide bonds. The van der Waals surface area contributed by atoms with Gasteiger partial charge in [-0.05, 0) is 31.4 Å². The van der Waals surface area contributed by atoms with Crippen LogP contribution in [-0.4, -0.2) is 18.4 Å². The van der Waals surface area contributed by atoms with Gasteiger partial charge in [0, 0.05) is 17.5 Å². The number of fused-ring (bicyclic) bond motifs is 1. The number of benzene rings is 1. The first-order chi connectivity index (χ1) is 7.86. The molecule has 0 spiro atoms. The molecule has 1 fully saturated rings. The summed E-state index contributed by atoms with van der Waals surface area (Å²) in [6, 6.07) is 8.47. The summed E-state index contributed by atoms with van der Waals surface area (Å²) in [5, 5.41) is 3.51. The lowest BCUT2D eigenvalue weighted by molar-refractivity contribution is 0.0898. The van der Waals surface area contributed by atoms with Gasteiger partial charge in [0.25, 0.3) is 0 Å². The summed E-state index contributed by atoms with van der Waals surface area (Å²) in [5.41, 5.74) is 2.20. The van der Waals surface area contributed by atoms with E-state index >= 15 is 0 Å². The monoisotopic (exact) mass is 215 g/mol. The van der Waals surface area contributed by atoms with Gasteiger partial charge in [-0.25, -0.2) is 0 Å². The Kier molecular flexibility index (Phi) is 2.52. The SMILES string of the molecule is O=C1c2ccccc2CC1C1CCCCN1. The lowest BCUT2D eigenvalue weighted by atomic mass is 9.89. The van der Waals surface area contributed by atoms with Gasteiger partial charge in [0.2, 0.25) is 0 Å². The van der Waals surface area contributed by atoms with Gasteiger partial charge in [0.1, 0.15) is 0 Å². The lowest BCUT2D eigenvalue weighted by Gasteiger charge is -2.27. The Hall–Kier alpha value is -1.15. The highest BCUT2D eigenvalue weighted by atomic mass is 16.1.